The van der Waals surface area contributed by atoms with Crippen LogP contribution in [0.2, 0.25) is 0 Å². The quantitative estimate of drug-likeness (QED) is 0.422. The molecule has 0 bridgehead atoms. The zero-order chi connectivity index (χ0) is 24.5. The number of hydrogen-bond acceptors (Lipinski definition) is 10. The minimum absolute atomic E-state index is 0.196. The summed E-state index contributed by atoms with van der Waals surface area (Å²) in [5.41, 5.74) is 3.85. The van der Waals surface area contributed by atoms with E-state index in [-0.39, 0.29) is 6.61 Å². The summed E-state index contributed by atoms with van der Waals surface area (Å²) in [6.07, 6.45) is 1.91. The molecule has 2 aliphatic rings. The lowest BCUT2D eigenvalue weighted by molar-refractivity contribution is 0.122. The van der Waals surface area contributed by atoms with Gasteiger partial charge in [-0.15, -0.1) is 0 Å². The first-order valence-corrected chi connectivity index (χ1v) is 13.2. The van der Waals surface area contributed by atoms with E-state index >= 15 is 0 Å². The number of aryl methyl sites for hydroxylation is 1. The molecule has 6 rings (SSSR count). The topological polar surface area (TPSA) is 95.7 Å². The highest BCUT2D eigenvalue weighted by molar-refractivity contribution is 7.22. The molecular formula is C25H30N8O2S. The number of β-amino-alcohol motifs (C(OH)–C–C–N with tert-alkyl or cyclic N) is 1. The Kier molecular flexibility index (Phi) is 6.53. The number of aliphatic hydroxyl groups excluding tert-OH is 1. The first-order valence-electron chi connectivity index (χ1n) is 12.4. The van der Waals surface area contributed by atoms with Gasteiger partial charge in [-0.3, -0.25) is 4.90 Å². The average molecular weight is 507 g/mol. The summed E-state index contributed by atoms with van der Waals surface area (Å²) < 4.78 is 8.34. The molecule has 0 aliphatic carbocycles. The summed E-state index contributed by atoms with van der Waals surface area (Å²) in [5, 5.41) is 15.0. The van der Waals surface area contributed by atoms with Crippen LogP contribution in [-0.4, -0.2) is 100 Å². The van der Waals surface area contributed by atoms with Gasteiger partial charge in [-0.05, 0) is 19.1 Å². The molecule has 3 aromatic heterocycles. The molecule has 0 radical (unpaired) electrons. The van der Waals surface area contributed by atoms with Crippen molar-refractivity contribution in [3.05, 3.63) is 42.1 Å². The fourth-order valence-electron chi connectivity index (χ4n) is 4.71. The molecule has 0 atom stereocenters. The largest absolute Gasteiger partial charge is 0.395 e. The zero-order valence-corrected chi connectivity index (χ0v) is 21.2. The Morgan fingerprint density at radius 2 is 1.81 bits per heavy atom. The number of ether oxygens (including phenoxy) is 1. The van der Waals surface area contributed by atoms with Crippen LogP contribution in [0.15, 0.2) is 36.5 Å². The van der Waals surface area contributed by atoms with Gasteiger partial charge in [0.2, 0.25) is 0 Å². The number of fused-ring (bicyclic) bond motifs is 1. The first-order chi connectivity index (χ1) is 17.7. The standard InChI is InChI=1S/C25H30N8O2S/c1-18-3-2-4-19(17-18)20-5-6-33(29-20)24-26-22-21(23(28-24)31-12-15-35-16-13-31)36-25(27-22)32-9-7-30(8-10-32)11-14-34/h2-6,17,34H,7-16H2,1H3. The number of anilines is 2. The van der Waals surface area contributed by atoms with E-state index in [9.17, 15) is 5.11 Å². The van der Waals surface area contributed by atoms with Crippen molar-refractivity contribution in [1.29, 1.82) is 0 Å². The van der Waals surface area contributed by atoms with E-state index in [1.54, 1.807) is 16.0 Å². The van der Waals surface area contributed by atoms with Crippen LogP contribution in [0.1, 0.15) is 5.56 Å². The summed E-state index contributed by atoms with van der Waals surface area (Å²) in [6.45, 7) is 9.52. The van der Waals surface area contributed by atoms with Gasteiger partial charge in [0.05, 0.1) is 25.5 Å². The molecule has 11 heteroatoms. The molecule has 2 fully saturated rings. The van der Waals surface area contributed by atoms with Crippen molar-refractivity contribution >= 4 is 32.6 Å². The Labute approximate surface area is 213 Å². The third-order valence-corrected chi connectivity index (χ3v) is 7.79. The Morgan fingerprint density at radius 3 is 2.58 bits per heavy atom. The van der Waals surface area contributed by atoms with Crippen molar-refractivity contribution in [3.63, 3.8) is 0 Å². The van der Waals surface area contributed by atoms with Crippen LogP contribution < -0.4 is 9.80 Å². The number of hydrogen-bond donors (Lipinski definition) is 1. The van der Waals surface area contributed by atoms with Gasteiger partial charge in [0.25, 0.3) is 5.95 Å². The fraction of sp³-hybridized carbons (Fsp3) is 0.440. The number of nitrogens with zero attached hydrogens (tertiary/aromatic N) is 8. The molecule has 1 aromatic carbocycles. The van der Waals surface area contributed by atoms with E-state index in [2.05, 4.69) is 39.8 Å². The predicted octanol–water partition coefficient (Wildman–Crippen LogP) is 2.20. The van der Waals surface area contributed by atoms with Gasteiger partial charge < -0.3 is 19.6 Å². The number of piperazine rings is 1. The number of thiazole rings is 1. The molecule has 4 aromatic rings. The zero-order valence-electron chi connectivity index (χ0n) is 20.4. The highest BCUT2D eigenvalue weighted by Gasteiger charge is 2.25. The Balaban J connectivity index is 1.36. The van der Waals surface area contributed by atoms with Gasteiger partial charge in [-0.2, -0.15) is 20.1 Å². The van der Waals surface area contributed by atoms with Gasteiger partial charge >= 0.3 is 0 Å². The van der Waals surface area contributed by atoms with Crippen molar-refractivity contribution in [3.8, 4) is 17.2 Å². The second-order valence-corrected chi connectivity index (χ2v) is 10.1. The lowest BCUT2D eigenvalue weighted by Gasteiger charge is -2.34. The first kappa shape index (κ1) is 23.3. The molecule has 2 saturated heterocycles. The lowest BCUT2D eigenvalue weighted by atomic mass is 10.1. The number of aliphatic hydroxyl groups is 1. The summed E-state index contributed by atoms with van der Waals surface area (Å²) in [7, 11) is 0. The molecule has 0 saturated carbocycles. The maximum absolute atomic E-state index is 9.25. The fourth-order valence-corrected chi connectivity index (χ4v) is 5.79. The van der Waals surface area contributed by atoms with E-state index in [1.807, 2.05) is 18.3 Å². The monoisotopic (exact) mass is 506 g/mol. The highest BCUT2D eigenvalue weighted by atomic mass is 32.1. The third-order valence-electron chi connectivity index (χ3n) is 6.69. The van der Waals surface area contributed by atoms with Crippen LogP contribution in [-0.2, 0) is 4.74 Å². The van der Waals surface area contributed by atoms with Crippen LogP contribution >= 0.6 is 11.3 Å². The number of morpholine rings is 1. The molecule has 2 aliphatic heterocycles. The van der Waals surface area contributed by atoms with E-state index in [0.29, 0.717) is 24.8 Å². The SMILES string of the molecule is Cc1cccc(-c2ccn(-c3nc(N4CCOCC4)c4sc(N5CCN(CCO)CC5)nc4n3)n2)c1. The summed E-state index contributed by atoms with van der Waals surface area (Å²) in [4.78, 5) is 21.6. The van der Waals surface area contributed by atoms with Crippen molar-refractivity contribution in [2.24, 2.45) is 0 Å². The summed E-state index contributed by atoms with van der Waals surface area (Å²) >= 11 is 1.66. The molecule has 36 heavy (non-hydrogen) atoms. The van der Waals surface area contributed by atoms with Crippen LogP contribution in [0.3, 0.4) is 0 Å². The van der Waals surface area contributed by atoms with Crippen LogP contribution in [0.5, 0.6) is 0 Å². The molecule has 5 heterocycles. The minimum atomic E-state index is 0.196. The Hall–Kier alpha value is -3.12. The normalized spacial score (nSPS) is 17.3. The van der Waals surface area contributed by atoms with E-state index in [4.69, 9.17) is 24.8 Å². The second kappa shape index (κ2) is 10.1. The van der Waals surface area contributed by atoms with E-state index in [1.165, 1.54) is 5.56 Å². The lowest BCUT2D eigenvalue weighted by Crippen LogP contribution is -2.47. The average Bonchev–Trinajstić information content (AvgIpc) is 3.57. The Bertz CT molecular complexity index is 1340. The van der Waals surface area contributed by atoms with Gasteiger partial charge in [0, 0.05) is 57.6 Å². The second-order valence-electron chi connectivity index (χ2n) is 9.16. The minimum Gasteiger partial charge on any atom is -0.395 e. The summed E-state index contributed by atoms with van der Waals surface area (Å²) in [5.74, 6) is 1.42. The molecule has 188 valence electrons. The molecule has 10 nitrogen and oxygen atoms in total. The van der Waals surface area contributed by atoms with Crippen molar-refractivity contribution in [2.75, 3.05) is 75.4 Å². The summed E-state index contributed by atoms with van der Waals surface area (Å²) in [6, 6.07) is 10.3. The number of aromatic nitrogens is 5. The van der Waals surface area contributed by atoms with Crippen molar-refractivity contribution < 1.29 is 9.84 Å². The number of benzene rings is 1. The van der Waals surface area contributed by atoms with Crippen molar-refractivity contribution in [2.45, 2.75) is 6.92 Å². The van der Waals surface area contributed by atoms with Gasteiger partial charge in [-0.1, -0.05) is 35.1 Å². The molecule has 0 amide bonds. The van der Waals surface area contributed by atoms with Gasteiger partial charge in [0.1, 0.15) is 4.70 Å². The van der Waals surface area contributed by atoms with Crippen LogP contribution in [0.4, 0.5) is 10.9 Å². The van der Waals surface area contributed by atoms with Gasteiger partial charge in [-0.25, -0.2) is 4.68 Å². The molecule has 0 spiro atoms. The maximum Gasteiger partial charge on any atom is 0.254 e. The molecule has 0 unspecified atom stereocenters. The van der Waals surface area contributed by atoms with Crippen LogP contribution in [0.25, 0.3) is 27.6 Å². The maximum atomic E-state index is 9.25. The number of rotatable bonds is 6. The predicted molar refractivity (Wildman–Crippen MR) is 141 cm³/mol. The molecular weight excluding hydrogens is 476 g/mol. The molecule has 1 N–H and O–H groups in total. The smallest absolute Gasteiger partial charge is 0.254 e. The Morgan fingerprint density at radius 1 is 0.972 bits per heavy atom. The van der Waals surface area contributed by atoms with Gasteiger partial charge in [0.15, 0.2) is 16.6 Å². The third kappa shape index (κ3) is 4.66. The van der Waals surface area contributed by atoms with Crippen LogP contribution in [0, 0.1) is 6.92 Å². The van der Waals surface area contributed by atoms with Crippen molar-refractivity contribution in [1.82, 2.24) is 29.6 Å². The highest BCUT2D eigenvalue weighted by Crippen LogP contribution is 2.35. The van der Waals surface area contributed by atoms with E-state index in [0.717, 1.165) is 72.7 Å². The van der Waals surface area contributed by atoms with E-state index < -0.39 is 0 Å².